The maximum Gasteiger partial charge on any atom is 0.270 e. The molecule has 2 aromatic carbocycles. The predicted molar refractivity (Wildman–Crippen MR) is 112 cm³/mol. The number of rotatable bonds is 6. The highest BCUT2D eigenvalue weighted by Crippen LogP contribution is 2.23. The summed E-state index contributed by atoms with van der Waals surface area (Å²) in [5, 5.41) is 23.5. The van der Waals surface area contributed by atoms with E-state index in [9.17, 15) is 19.7 Å². The Labute approximate surface area is 170 Å². The van der Waals surface area contributed by atoms with Gasteiger partial charge >= 0.3 is 0 Å². The van der Waals surface area contributed by atoms with Crippen LogP contribution in [0.25, 0.3) is 0 Å². The fourth-order valence-corrected chi connectivity index (χ4v) is 3.39. The van der Waals surface area contributed by atoms with E-state index in [2.05, 4.69) is 20.8 Å². The number of amidine groups is 1. The number of carbonyl (C=O) groups is 2. The second-order valence-corrected chi connectivity index (χ2v) is 7.41. The molecule has 1 atom stereocenters. The van der Waals surface area contributed by atoms with E-state index >= 15 is 0 Å². The molecule has 3 rings (SSSR count). The number of aryl methyl sites for hydroxylation is 1. The molecule has 29 heavy (non-hydrogen) atoms. The molecule has 2 N–H and O–H groups in total. The van der Waals surface area contributed by atoms with Crippen LogP contribution in [0.15, 0.2) is 58.7 Å². The largest absolute Gasteiger partial charge is 0.326 e. The van der Waals surface area contributed by atoms with Crippen LogP contribution in [0.5, 0.6) is 0 Å². The molecular weight excluding hydrogens is 394 g/mol. The minimum atomic E-state index is -0.604. The SMILES string of the molecule is Cc1ccc(NC(=O)CC2SC(=NN=Cc3cccc([N+](=O)[O-])c3)NC2=O)cc1. The average molecular weight is 411 g/mol. The molecule has 0 aliphatic carbocycles. The smallest absolute Gasteiger partial charge is 0.270 e. The lowest BCUT2D eigenvalue weighted by Gasteiger charge is -2.07. The van der Waals surface area contributed by atoms with Crippen LogP contribution in [0.2, 0.25) is 0 Å². The van der Waals surface area contributed by atoms with Crippen LogP contribution < -0.4 is 10.6 Å². The molecule has 9 nitrogen and oxygen atoms in total. The first-order valence-corrected chi connectivity index (χ1v) is 9.48. The number of benzene rings is 2. The highest BCUT2D eigenvalue weighted by molar-refractivity contribution is 8.15. The van der Waals surface area contributed by atoms with E-state index < -0.39 is 10.2 Å². The Hall–Kier alpha value is -3.53. The number of anilines is 1. The fraction of sp³-hybridized carbons (Fsp3) is 0.158. The Kier molecular flexibility index (Phi) is 6.35. The van der Waals surface area contributed by atoms with Crippen molar-refractivity contribution in [1.82, 2.24) is 5.32 Å². The molecule has 0 radical (unpaired) electrons. The highest BCUT2D eigenvalue weighted by atomic mass is 32.2. The van der Waals surface area contributed by atoms with Gasteiger partial charge in [-0.15, -0.1) is 5.10 Å². The Morgan fingerprint density at radius 1 is 1.31 bits per heavy atom. The second kappa shape index (κ2) is 9.11. The third-order valence-electron chi connectivity index (χ3n) is 3.92. The normalized spacial score (nSPS) is 17.5. The molecule has 0 bridgehead atoms. The van der Waals surface area contributed by atoms with Gasteiger partial charge in [0.1, 0.15) is 5.25 Å². The van der Waals surface area contributed by atoms with Gasteiger partial charge in [0.15, 0.2) is 5.17 Å². The van der Waals surface area contributed by atoms with Crippen LogP contribution in [-0.2, 0) is 9.59 Å². The van der Waals surface area contributed by atoms with Crippen molar-refractivity contribution in [2.24, 2.45) is 10.2 Å². The first kappa shape index (κ1) is 20.2. The van der Waals surface area contributed by atoms with E-state index in [1.54, 1.807) is 24.3 Å². The van der Waals surface area contributed by atoms with E-state index in [1.807, 2.05) is 19.1 Å². The van der Waals surface area contributed by atoms with Crippen molar-refractivity contribution in [1.29, 1.82) is 0 Å². The topological polar surface area (TPSA) is 126 Å². The molecule has 1 saturated heterocycles. The zero-order valence-electron chi connectivity index (χ0n) is 15.4. The lowest BCUT2D eigenvalue weighted by molar-refractivity contribution is -0.384. The fourth-order valence-electron chi connectivity index (χ4n) is 2.47. The predicted octanol–water partition coefficient (Wildman–Crippen LogP) is 2.85. The number of nitro groups is 1. The summed E-state index contributed by atoms with van der Waals surface area (Å²) in [6.07, 6.45) is 1.35. The Morgan fingerprint density at radius 3 is 2.79 bits per heavy atom. The van der Waals surface area contributed by atoms with Gasteiger partial charge in [-0.3, -0.25) is 19.7 Å². The third-order valence-corrected chi connectivity index (χ3v) is 4.99. The van der Waals surface area contributed by atoms with E-state index in [0.717, 1.165) is 17.3 Å². The number of nitro benzene ring substituents is 1. The molecule has 1 aliphatic heterocycles. The summed E-state index contributed by atoms with van der Waals surface area (Å²) in [7, 11) is 0. The van der Waals surface area contributed by atoms with Crippen LogP contribution in [0.3, 0.4) is 0 Å². The van der Waals surface area contributed by atoms with Crippen molar-refractivity contribution in [3.63, 3.8) is 0 Å². The molecule has 1 unspecified atom stereocenters. The van der Waals surface area contributed by atoms with E-state index in [4.69, 9.17) is 0 Å². The quantitative estimate of drug-likeness (QED) is 0.429. The summed E-state index contributed by atoms with van der Waals surface area (Å²) in [5.41, 5.74) is 2.20. The summed E-state index contributed by atoms with van der Waals surface area (Å²) in [6.45, 7) is 1.95. The van der Waals surface area contributed by atoms with Crippen LogP contribution in [0, 0.1) is 17.0 Å². The zero-order valence-corrected chi connectivity index (χ0v) is 16.2. The van der Waals surface area contributed by atoms with Crippen molar-refractivity contribution in [3.8, 4) is 0 Å². The number of thioether (sulfide) groups is 1. The first-order chi connectivity index (χ1) is 13.9. The van der Waals surface area contributed by atoms with Gasteiger partial charge < -0.3 is 10.6 Å². The highest BCUT2D eigenvalue weighted by Gasteiger charge is 2.32. The molecule has 2 aromatic rings. The zero-order chi connectivity index (χ0) is 20.8. The standard InChI is InChI=1S/C19H17N5O4S/c1-12-5-7-14(8-6-12)21-17(25)10-16-18(26)22-19(29-16)23-20-11-13-3-2-4-15(9-13)24(27)28/h2-9,11,16H,10H2,1H3,(H,21,25)(H,22,23,26). The van der Waals surface area contributed by atoms with Crippen molar-refractivity contribution < 1.29 is 14.5 Å². The van der Waals surface area contributed by atoms with Gasteiger partial charge in [0.25, 0.3) is 5.69 Å². The average Bonchev–Trinajstić information content (AvgIpc) is 3.03. The second-order valence-electron chi connectivity index (χ2n) is 6.22. The molecular formula is C19H17N5O4S. The Balaban J connectivity index is 1.56. The monoisotopic (exact) mass is 411 g/mol. The van der Waals surface area contributed by atoms with Crippen molar-refractivity contribution >= 4 is 46.3 Å². The lowest BCUT2D eigenvalue weighted by atomic mass is 10.2. The number of hydrogen-bond donors (Lipinski definition) is 2. The first-order valence-electron chi connectivity index (χ1n) is 8.60. The van der Waals surface area contributed by atoms with Crippen LogP contribution in [-0.4, -0.2) is 33.4 Å². The van der Waals surface area contributed by atoms with Gasteiger partial charge in [0.05, 0.1) is 11.1 Å². The van der Waals surface area contributed by atoms with Crippen molar-refractivity contribution in [2.75, 3.05) is 5.32 Å². The Bertz CT molecular complexity index is 1000. The molecule has 1 heterocycles. The summed E-state index contributed by atoms with van der Waals surface area (Å²) < 4.78 is 0. The number of nitrogens with zero attached hydrogens (tertiary/aromatic N) is 3. The minimum absolute atomic E-state index is 0.00199. The van der Waals surface area contributed by atoms with E-state index in [0.29, 0.717) is 11.3 Å². The van der Waals surface area contributed by atoms with Crippen molar-refractivity contribution in [2.45, 2.75) is 18.6 Å². The summed E-state index contributed by atoms with van der Waals surface area (Å²) in [5.74, 6) is -0.596. The van der Waals surface area contributed by atoms with Gasteiger partial charge in [-0.25, -0.2) is 0 Å². The van der Waals surface area contributed by atoms with Gasteiger partial charge in [-0.05, 0) is 19.1 Å². The molecule has 0 aromatic heterocycles. The molecule has 148 valence electrons. The number of amides is 2. The third kappa shape index (κ3) is 5.72. The maximum atomic E-state index is 12.2. The number of non-ortho nitro benzene ring substituents is 1. The van der Waals surface area contributed by atoms with Crippen LogP contribution >= 0.6 is 11.8 Å². The number of nitrogens with one attached hydrogen (secondary N) is 2. The molecule has 0 saturated carbocycles. The van der Waals surface area contributed by atoms with Gasteiger partial charge in [-0.2, -0.15) is 5.10 Å². The number of carbonyl (C=O) groups excluding carboxylic acids is 2. The molecule has 1 aliphatic rings. The van der Waals surface area contributed by atoms with Crippen molar-refractivity contribution in [3.05, 3.63) is 69.8 Å². The van der Waals surface area contributed by atoms with Gasteiger partial charge in [0.2, 0.25) is 11.8 Å². The van der Waals surface area contributed by atoms with Crippen LogP contribution in [0.4, 0.5) is 11.4 Å². The summed E-state index contributed by atoms with van der Waals surface area (Å²) in [6, 6.07) is 13.3. The van der Waals surface area contributed by atoms with E-state index in [-0.39, 0.29) is 29.1 Å². The summed E-state index contributed by atoms with van der Waals surface area (Å²) in [4.78, 5) is 34.5. The van der Waals surface area contributed by atoms with Crippen LogP contribution in [0.1, 0.15) is 17.5 Å². The Morgan fingerprint density at radius 2 is 2.07 bits per heavy atom. The lowest BCUT2D eigenvalue weighted by Crippen LogP contribution is -2.28. The van der Waals surface area contributed by atoms with Gasteiger partial charge in [0, 0.05) is 29.8 Å². The molecule has 1 fully saturated rings. The number of hydrogen-bond acceptors (Lipinski definition) is 7. The minimum Gasteiger partial charge on any atom is -0.326 e. The molecule has 0 spiro atoms. The van der Waals surface area contributed by atoms with Gasteiger partial charge in [-0.1, -0.05) is 41.6 Å². The maximum absolute atomic E-state index is 12.2. The molecule has 10 heteroatoms. The van der Waals surface area contributed by atoms with E-state index in [1.165, 1.54) is 18.3 Å². The molecule has 2 amide bonds. The summed E-state index contributed by atoms with van der Waals surface area (Å²) >= 11 is 1.11.